The Morgan fingerprint density at radius 3 is 0.890 bits per heavy atom. The van der Waals surface area contributed by atoms with Gasteiger partial charge in [0.25, 0.3) is 0 Å². The average molecular weight is 1010 g/mol. The number of hydrogen-bond acceptors (Lipinski definition) is 3. The Bertz CT molecular complexity index is 1420. The summed E-state index contributed by atoms with van der Waals surface area (Å²) in [6.07, 6.45) is 96.8. The molecule has 1 amide bonds. The van der Waals surface area contributed by atoms with Gasteiger partial charge in [-0.2, -0.15) is 0 Å². The molecule has 0 aliphatic carbocycles. The topological polar surface area (TPSA) is 69.6 Å². The van der Waals surface area contributed by atoms with Crippen LogP contribution in [-0.4, -0.2) is 34.9 Å². The van der Waals surface area contributed by atoms with Crippen LogP contribution in [0.15, 0.2) is 122 Å². The molecule has 418 valence electrons. The fourth-order valence-corrected chi connectivity index (χ4v) is 9.01. The predicted octanol–water partition coefficient (Wildman–Crippen LogP) is 21.2. The van der Waals surface area contributed by atoms with E-state index in [9.17, 15) is 15.0 Å². The van der Waals surface area contributed by atoms with E-state index in [0.717, 1.165) is 83.5 Å². The summed E-state index contributed by atoms with van der Waals surface area (Å²) in [5.74, 6) is -0.123. The van der Waals surface area contributed by atoms with Gasteiger partial charge in [-0.05, 0) is 83.5 Å². The minimum atomic E-state index is -0.874. The summed E-state index contributed by atoms with van der Waals surface area (Å²) in [7, 11) is 0. The van der Waals surface area contributed by atoms with Crippen LogP contribution in [0.3, 0.4) is 0 Å². The van der Waals surface area contributed by atoms with Crippen molar-refractivity contribution in [3.05, 3.63) is 122 Å². The number of allylic oxidation sites excluding steroid dienone is 19. The van der Waals surface area contributed by atoms with Crippen molar-refractivity contribution >= 4 is 5.91 Å². The van der Waals surface area contributed by atoms with Gasteiger partial charge in [0.05, 0.1) is 18.8 Å². The highest BCUT2D eigenvalue weighted by molar-refractivity contribution is 5.76. The Balaban J connectivity index is 3.61. The molecular formula is C69H119NO3. The van der Waals surface area contributed by atoms with E-state index in [2.05, 4.69) is 129 Å². The molecule has 0 bridgehead atoms. The highest BCUT2D eigenvalue weighted by Gasteiger charge is 2.17. The van der Waals surface area contributed by atoms with Crippen molar-refractivity contribution in [2.24, 2.45) is 0 Å². The largest absolute Gasteiger partial charge is 0.394 e. The van der Waals surface area contributed by atoms with Crippen molar-refractivity contribution in [1.29, 1.82) is 0 Å². The third kappa shape index (κ3) is 59.5. The maximum absolute atomic E-state index is 12.5. The number of amides is 1. The van der Waals surface area contributed by atoms with Crippen molar-refractivity contribution < 1.29 is 15.0 Å². The first-order chi connectivity index (χ1) is 36.2. The van der Waals surface area contributed by atoms with Crippen molar-refractivity contribution in [3.63, 3.8) is 0 Å². The number of aliphatic hydroxyl groups is 2. The molecule has 0 radical (unpaired) electrons. The number of rotatable bonds is 56. The number of carbonyl (C=O) groups is 1. The molecule has 4 nitrogen and oxygen atoms in total. The van der Waals surface area contributed by atoms with Gasteiger partial charge in [0.2, 0.25) is 5.91 Å². The molecule has 4 heteroatoms. The molecule has 0 aromatic heterocycles. The van der Waals surface area contributed by atoms with Crippen molar-refractivity contribution in [2.75, 3.05) is 6.61 Å². The monoisotopic (exact) mass is 1010 g/mol. The number of unbranched alkanes of at least 4 members (excludes halogenated alkanes) is 31. The maximum Gasteiger partial charge on any atom is 0.220 e. The summed E-state index contributed by atoms with van der Waals surface area (Å²) in [4.78, 5) is 12.5. The molecule has 3 N–H and O–H groups in total. The van der Waals surface area contributed by atoms with Gasteiger partial charge in [-0.1, -0.05) is 322 Å². The molecule has 0 spiro atoms. The van der Waals surface area contributed by atoms with Crippen LogP contribution in [0.1, 0.15) is 290 Å². The second-order valence-corrected chi connectivity index (χ2v) is 20.7. The fraction of sp³-hybridized carbons (Fsp3) is 0.696. The second kappa shape index (κ2) is 63.1. The standard InChI is InChI=1S/C69H119NO3/c1-3-5-7-9-11-13-15-17-19-21-23-25-27-29-31-33-34-35-37-38-40-42-44-46-48-50-52-54-56-58-60-62-64-68(72)67(66-71)70-69(73)65-63-61-59-57-55-53-51-49-47-45-43-41-39-36-32-30-28-26-24-22-20-18-16-14-12-10-8-6-4-2/h6,8,12,14,18,20,24,26,30,32,39,41,45,47,51,53,57,59,62,64,67-68,71-72H,3-5,7,9-11,13,15-17,19,21-23,25,27-29,31,33-38,40,42-44,46,48-50,52,54-56,58,60-61,63,65-66H2,1-2H3,(H,70,73)/b8-6-,14-12-,20-18-,26-24-,32-30-,41-39-,47-45-,53-51-,59-57-,64-62+. The third-order valence-corrected chi connectivity index (χ3v) is 13.7. The lowest BCUT2D eigenvalue weighted by Crippen LogP contribution is -2.45. The Labute approximate surface area is 454 Å². The van der Waals surface area contributed by atoms with Gasteiger partial charge in [-0.15, -0.1) is 0 Å². The molecule has 2 unspecified atom stereocenters. The minimum absolute atomic E-state index is 0.123. The highest BCUT2D eigenvalue weighted by atomic mass is 16.3. The Hall–Kier alpha value is -3.21. The summed E-state index contributed by atoms with van der Waals surface area (Å²) in [6, 6.07) is -0.664. The van der Waals surface area contributed by atoms with Gasteiger partial charge in [0.15, 0.2) is 0 Å². The van der Waals surface area contributed by atoms with Crippen LogP contribution in [-0.2, 0) is 4.79 Å². The fourth-order valence-electron chi connectivity index (χ4n) is 9.01. The van der Waals surface area contributed by atoms with Gasteiger partial charge in [0.1, 0.15) is 0 Å². The first-order valence-electron chi connectivity index (χ1n) is 31.2. The van der Waals surface area contributed by atoms with Gasteiger partial charge in [-0.25, -0.2) is 0 Å². The molecule has 0 saturated heterocycles. The van der Waals surface area contributed by atoms with E-state index in [0.29, 0.717) is 6.42 Å². The van der Waals surface area contributed by atoms with Crippen LogP contribution in [0.25, 0.3) is 0 Å². The van der Waals surface area contributed by atoms with E-state index in [-0.39, 0.29) is 12.5 Å². The quantitative estimate of drug-likeness (QED) is 0.0420. The van der Waals surface area contributed by atoms with Crippen LogP contribution in [0.4, 0.5) is 0 Å². The van der Waals surface area contributed by atoms with Gasteiger partial charge < -0.3 is 15.5 Å². The van der Waals surface area contributed by atoms with Crippen molar-refractivity contribution in [1.82, 2.24) is 5.32 Å². The first kappa shape index (κ1) is 69.8. The summed E-state index contributed by atoms with van der Waals surface area (Å²) in [6.45, 7) is 4.19. The molecule has 0 aliphatic heterocycles. The van der Waals surface area contributed by atoms with Crippen LogP contribution < -0.4 is 5.32 Å². The summed E-state index contributed by atoms with van der Waals surface area (Å²) < 4.78 is 0. The first-order valence-corrected chi connectivity index (χ1v) is 31.2. The van der Waals surface area contributed by atoms with Gasteiger partial charge >= 0.3 is 0 Å². The van der Waals surface area contributed by atoms with E-state index in [1.165, 1.54) is 186 Å². The van der Waals surface area contributed by atoms with Gasteiger partial charge in [-0.3, -0.25) is 4.79 Å². The average Bonchev–Trinajstić information content (AvgIpc) is 3.40. The number of aliphatic hydroxyl groups excluding tert-OH is 2. The molecule has 0 heterocycles. The molecule has 0 aliphatic rings. The molecule has 0 rings (SSSR count). The zero-order valence-electron chi connectivity index (χ0n) is 48.1. The molecular weight excluding hydrogens is 891 g/mol. The SMILES string of the molecule is CC/C=C\C/C=C\C/C=C\C/C=C\C/C=C\C/C=C\C/C=C\C/C=C\C/C=C\CCCC(=O)NC(CO)C(O)/C=C/CCCCCCCCCCCCCCCCCCCCCCCCCCCCCCCC. The van der Waals surface area contributed by atoms with E-state index >= 15 is 0 Å². The Morgan fingerprint density at radius 1 is 0.342 bits per heavy atom. The van der Waals surface area contributed by atoms with Crippen LogP contribution >= 0.6 is 0 Å². The summed E-state index contributed by atoms with van der Waals surface area (Å²) in [5, 5.41) is 23.2. The Kier molecular flexibility index (Phi) is 60.3. The lowest BCUT2D eigenvalue weighted by atomic mass is 10.0. The van der Waals surface area contributed by atoms with Crippen molar-refractivity contribution in [3.8, 4) is 0 Å². The normalized spacial score (nSPS) is 13.6. The summed E-state index contributed by atoms with van der Waals surface area (Å²) in [5.41, 5.74) is 0. The number of hydrogen-bond donors (Lipinski definition) is 3. The van der Waals surface area contributed by atoms with E-state index in [1.807, 2.05) is 6.08 Å². The zero-order valence-corrected chi connectivity index (χ0v) is 48.1. The molecule has 0 saturated carbocycles. The van der Waals surface area contributed by atoms with E-state index in [4.69, 9.17) is 0 Å². The smallest absolute Gasteiger partial charge is 0.220 e. The summed E-state index contributed by atoms with van der Waals surface area (Å²) >= 11 is 0. The predicted molar refractivity (Wildman–Crippen MR) is 326 cm³/mol. The van der Waals surface area contributed by atoms with E-state index < -0.39 is 12.1 Å². The minimum Gasteiger partial charge on any atom is -0.394 e. The van der Waals surface area contributed by atoms with Crippen LogP contribution in [0.5, 0.6) is 0 Å². The number of carbonyl (C=O) groups excluding carboxylic acids is 1. The second-order valence-electron chi connectivity index (χ2n) is 20.7. The van der Waals surface area contributed by atoms with Gasteiger partial charge in [0, 0.05) is 6.42 Å². The van der Waals surface area contributed by atoms with Crippen LogP contribution in [0.2, 0.25) is 0 Å². The van der Waals surface area contributed by atoms with E-state index in [1.54, 1.807) is 6.08 Å². The molecule has 2 atom stereocenters. The van der Waals surface area contributed by atoms with Crippen molar-refractivity contribution in [2.45, 2.75) is 302 Å². The Morgan fingerprint density at radius 2 is 0.603 bits per heavy atom. The zero-order chi connectivity index (χ0) is 52.7. The highest BCUT2D eigenvalue weighted by Crippen LogP contribution is 2.17. The van der Waals surface area contributed by atoms with Crippen LogP contribution in [0, 0.1) is 0 Å². The molecule has 0 fully saturated rings. The maximum atomic E-state index is 12.5. The molecule has 0 aromatic rings. The molecule has 0 aromatic carbocycles. The third-order valence-electron chi connectivity index (χ3n) is 13.7. The lowest BCUT2D eigenvalue weighted by Gasteiger charge is -2.19. The number of nitrogens with one attached hydrogen (secondary N) is 1. The molecule has 73 heavy (non-hydrogen) atoms. The lowest BCUT2D eigenvalue weighted by molar-refractivity contribution is -0.122.